The van der Waals surface area contributed by atoms with E-state index in [9.17, 15) is 9.90 Å². The number of carboxylic acid groups (broad SMARTS) is 1. The highest BCUT2D eigenvalue weighted by Crippen LogP contribution is 2.46. The van der Waals surface area contributed by atoms with Gasteiger partial charge in [-0.15, -0.1) is 0 Å². The van der Waals surface area contributed by atoms with E-state index in [4.69, 9.17) is 4.74 Å². The summed E-state index contributed by atoms with van der Waals surface area (Å²) in [7, 11) is 0. The minimum absolute atomic E-state index is 0.0623. The van der Waals surface area contributed by atoms with E-state index in [0.29, 0.717) is 6.61 Å². The minimum atomic E-state index is -0.803. The molecule has 1 aliphatic rings. The summed E-state index contributed by atoms with van der Waals surface area (Å²) in [5.41, 5.74) is 6.65. The zero-order valence-corrected chi connectivity index (χ0v) is 22.0. The zero-order valence-electron chi connectivity index (χ0n) is 22.0. The largest absolute Gasteiger partial charge is 0.489 e. The second-order valence-corrected chi connectivity index (χ2v) is 11.3. The van der Waals surface area contributed by atoms with Gasteiger partial charge in [-0.25, -0.2) is 0 Å². The second kappa shape index (κ2) is 10.7. The van der Waals surface area contributed by atoms with Crippen molar-refractivity contribution in [3.63, 3.8) is 0 Å². The third-order valence-electron chi connectivity index (χ3n) is 7.59. The molecule has 1 atom stereocenters. The fraction of sp³-hybridized carbons (Fsp3) is 0.364. The smallest absolute Gasteiger partial charge is 0.304 e. The van der Waals surface area contributed by atoms with Crippen molar-refractivity contribution in [1.82, 2.24) is 0 Å². The van der Waals surface area contributed by atoms with E-state index in [2.05, 4.69) is 64.1 Å². The van der Waals surface area contributed by atoms with Gasteiger partial charge in [0.05, 0.1) is 6.42 Å². The molecule has 3 aromatic carbocycles. The first kappa shape index (κ1) is 25.8. The van der Waals surface area contributed by atoms with Crippen molar-refractivity contribution in [3.8, 4) is 5.75 Å². The highest BCUT2D eigenvalue weighted by Gasteiger charge is 2.36. The normalized spacial score (nSPS) is 16.9. The molecule has 0 heterocycles. The summed E-state index contributed by atoms with van der Waals surface area (Å²) in [5.74, 6) is -0.187. The Hall–Kier alpha value is -3.33. The second-order valence-electron chi connectivity index (χ2n) is 11.3. The lowest BCUT2D eigenvalue weighted by Gasteiger charge is -2.42. The number of ether oxygens (including phenoxy) is 1. The number of carbonyl (C=O) groups is 1. The molecule has 1 N–H and O–H groups in total. The number of hydrogen-bond donors (Lipinski definition) is 1. The summed E-state index contributed by atoms with van der Waals surface area (Å²) in [4.78, 5) is 11.5. The van der Waals surface area contributed by atoms with Gasteiger partial charge in [0.1, 0.15) is 12.4 Å². The summed E-state index contributed by atoms with van der Waals surface area (Å²) in [6, 6.07) is 24.8. The topological polar surface area (TPSA) is 46.5 Å². The van der Waals surface area contributed by atoms with Gasteiger partial charge in [-0.1, -0.05) is 101 Å². The number of hydrogen-bond acceptors (Lipinski definition) is 2. The Morgan fingerprint density at radius 2 is 1.56 bits per heavy atom. The third kappa shape index (κ3) is 6.26. The van der Waals surface area contributed by atoms with E-state index in [0.717, 1.165) is 17.7 Å². The lowest BCUT2D eigenvalue weighted by molar-refractivity contribution is -0.137. The molecule has 0 bridgehead atoms. The average Bonchev–Trinajstić information content (AvgIpc) is 2.86. The number of rotatable bonds is 9. The third-order valence-corrected chi connectivity index (χ3v) is 7.59. The molecule has 0 fully saturated rings. The lowest BCUT2D eigenvalue weighted by Crippen LogP contribution is -2.33. The number of carboxylic acids is 1. The number of allylic oxidation sites excluding steroid dienone is 2. The molecule has 1 aliphatic carbocycles. The van der Waals surface area contributed by atoms with Crippen LogP contribution in [0.2, 0.25) is 0 Å². The fourth-order valence-corrected chi connectivity index (χ4v) is 5.17. The van der Waals surface area contributed by atoms with Crippen molar-refractivity contribution >= 4 is 5.97 Å². The van der Waals surface area contributed by atoms with E-state index in [1.807, 2.05) is 48.5 Å². The van der Waals surface area contributed by atoms with Crippen LogP contribution in [0.3, 0.4) is 0 Å². The zero-order chi connectivity index (χ0) is 25.8. The van der Waals surface area contributed by atoms with Crippen LogP contribution in [0.5, 0.6) is 5.75 Å². The van der Waals surface area contributed by atoms with E-state index in [1.165, 1.54) is 35.1 Å². The van der Waals surface area contributed by atoms with Gasteiger partial charge in [0, 0.05) is 5.92 Å². The maximum Gasteiger partial charge on any atom is 0.304 e. The molecule has 188 valence electrons. The van der Waals surface area contributed by atoms with Crippen molar-refractivity contribution in [1.29, 1.82) is 0 Å². The predicted molar refractivity (Wildman–Crippen MR) is 147 cm³/mol. The first-order chi connectivity index (χ1) is 17.1. The number of benzene rings is 3. The van der Waals surface area contributed by atoms with Crippen LogP contribution in [0.15, 0.2) is 84.9 Å². The summed E-state index contributed by atoms with van der Waals surface area (Å²) in [5, 5.41) is 9.42. The SMILES string of the molecule is CC1(C)CCC(C)(C)c2cc(COc3ccc(C(C=CCc4ccccc4)CC(=O)O)cc3)ccc21. The molecule has 0 radical (unpaired) electrons. The molecule has 0 saturated carbocycles. The predicted octanol–water partition coefficient (Wildman–Crippen LogP) is 7.97. The first-order valence-electron chi connectivity index (χ1n) is 12.9. The quantitative estimate of drug-likeness (QED) is 0.315. The molecule has 0 saturated heterocycles. The molecule has 4 rings (SSSR count). The van der Waals surface area contributed by atoms with Gasteiger partial charge in [0.2, 0.25) is 0 Å². The lowest BCUT2D eigenvalue weighted by atomic mass is 9.63. The van der Waals surface area contributed by atoms with Gasteiger partial charge < -0.3 is 9.84 Å². The molecule has 3 heteroatoms. The molecular formula is C33H38O3. The highest BCUT2D eigenvalue weighted by molar-refractivity contribution is 5.68. The number of fused-ring (bicyclic) bond motifs is 1. The van der Waals surface area contributed by atoms with E-state index >= 15 is 0 Å². The van der Waals surface area contributed by atoms with Crippen LogP contribution in [-0.4, -0.2) is 11.1 Å². The Morgan fingerprint density at radius 1 is 0.889 bits per heavy atom. The van der Waals surface area contributed by atoms with Crippen LogP contribution >= 0.6 is 0 Å². The van der Waals surface area contributed by atoms with Crippen molar-refractivity contribution in [2.24, 2.45) is 0 Å². The Bertz CT molecular complexity index is 1200. The average molecular weight is 483 g/mol. The number of aliphatic carboxylic acids is 1. The van der Waals surface area contributed by atoms with Crippen LogP contribution in [0.1, 0.15) is 80.7 Å². The summed E-state index contributed by atoms with van der Waals surface area (Å²) in [6.45, 7) is 9.87. The first-order valence-corrected chi connectivity index (χ1v) is 12.9. The van der Waals surface area contributed by atoms with Crippen LogP contribution in [0.25, 0.3) is 0 Å². The van der Waals surface area contributed by atoms with Gasteiger partial charge in [0.25, 0.3) is 0 Å². The highest BCUT2D eigenvalue weighted by atomic mass is 16.5. The van der Waals surface area contributed by atoms with Gasteiger partial charge in [-0.2, -0.15) is 0 Å². The molecule has 0 amide bonds. The summed E-state index contributed by atoms with van der Waals surface area (Å²) in [6.07, 6.45) is 7.31. The van der Waals surface area contributed by atoms with Crippen LogP contribution in [0, 0.1) is 0 Å². The molecule has 3 aromatic rings. The Labute approximate surface area is 215 Å². The van der Waals surface area contributed by atoms with Crippen LogP contribution in [0.4, 0.5) is 0 Å². The van der Waals surface area contributed by atoms with E-state index in [1.54, 1.807) is 0 Å². The fourth-order valence-electron chi connectivity index (χ4n) is 5.17. The van der Waals surface area contributed by atoms with Gasteiger partial charge in [-0.3, -0.25) is 4.79 Å². The van der Waals surface area contributed by atoms with Gasteiger partial charge in [-0.05, 0) is 70.0 Å². The van der Waals surface area contributed by atoms with Gasteiger partial charge in [0.15, 0.2) is 0 Å². The van der Waals surface area contributed by atoms with Crippen molar-refractivity contribution in [2.75, 3.05) is 0 Å². The molecule has 0 aliphatic heterocycles. The van der Waals surface area contributed by atoms with Crippen molar-refractivity contribution in [3.05, 3.63) is 113 Å². The maximum atomic E-state index is 11.5. The Balaban J connectivity index is 1.43. The van der Waals surface area contributed by atoms with Crippen LogP contribution in [-0.2, 0) is 28.7 Å². The van der Waals surface area contributed by atoms with Crippen molar-refractivity contribution in [2.45, 2.75) is 76.7 Å². The Kier molecular flexibility index (Phi) is 7.68. The molecular weight excluding hydrogens is 444 g/mol. The molecule has 0 aromatic heterocycles. The monoisotopic (exact) mass is 482 g/mol. The molecule has 1 unspecified atom stereocenters. The molecule has 36 heavy (non-hydrogen) atoms. The standard InChI is InChI=1S/C33H38O3/c1-32(2)19-20-33(3,4)30-21-25(13-18-29(30)32)23-36-28-16-14-26(15-17-28)27(22-31(34)35)12-8-11-24-9-6-5-7-10-24/h5-10,12-18,21,27H,11,19-20,22-23H2,1-4H3,(H,34,35). The summed E-state index contributed by atoms with van der Waals surface area (Å²) >= 11 is 0. The Morgan fingerprint density at radius 3 is 2.22 bits per heavy atom. The minimum Gasteiger partial charge on any atom is -0.489 e. The molecule has 0 spiro atoms. The van der Waals surface area contributed by atoms with Gasteiger partial charge >= 0.3 is 5.97 Å². The van der Waals surface area contributed by atoms with Crippen LogP contribution < -0.4 is 4.74 Å². The maximum absolute atomic E-state index is 11.5. The molecule has 3 nitrogen and oxygen atoms in total. The van der Waals surface area contributed by atoms with E-state index in [-0.39, 0.29) is 23.2 Å². The van der Waals surface area contributed by atoms with Crippen molar-refractivity contribution < 1.29 is 14.6 Å². The van der Waals surface area contributed by atoms with E-state index < -0.39 is 5.97 Å². The summed E-state index contributed by atoms with van der Waals surface area (Å²) < 4.78 is 6.12.